The van der Waals surface area contributed by atoms with Gasteiger partial charge in [0.25, 0.3) is 0 Å². The highest BCUT2D eigenvalue weighted by Gasteiger charge is 2.15. The number of methoxy groups -OCH3 is 1. The molecule has 0 aromatic heterocycles. The summed E-state index contributed by atoms with van der Waals surface area (Å²) in [4.78, 5) is 11.1. The molecule has 0 aliphatic rings. The van der Waals surface area contributed by atoms with Crippen molar-refractivity contribution in [1.29, 1.82) is 0 Å². The van der Waals surface area contributed by atoms with Gasteiger partial charge in [0.15, 0.2) is 17.3 Å². The molecule has 0 heterocycles. The Morgan fingerprint density at radius 1 is 1.43 bits per heavy atom. The summed E-state index contributed by atoms with van der Waals surface area (Å²) in [6, 6.07) is 1.68. The van der Waals surface area contributed by atoms with Gasteiger partial charge in [-0.05, 0) is 6.07 Å². The molecule has 0 atom stereocenters. The maximum atomic E-state index is 13.1. The van der Waals surface area contributed by atoms with Crippen molar-refractivity contribution >= 4 is 21.7 Å². The van der Waals surface area contributed by atoms with Crippen molar-refractivity contribution in [2.24, 2.45) is 0 Å². The average molecular weight is 265 g/mol. The largest absolute Gasteiger partial charge is 0.494 e. The van der Waals surface area contributed by atoms with E-state index >= 15 is 0 Å². The summed E-state index contributed by atoms with van der Waals surface area (Å²) in [6.07, 6.45) is 0. The van der Waals surface area contributed by atoms with Crippen LogP contribution in [0.4, 0.5) is 8.78 Å². The van der Waals surface area contributed by atoms with Gasteiger partial charge >= 0.3 is 0 Å². The van der Waals surface area contributed by atoms with E-state index in [1.165, 1.54) is 7.11 Å². The standard InChI is InChI=1S/C9H7BrF2O2/c1-14-9-2-5(8(13)4-10)6(11)3-7(9)12/h2-3H,4H2,1H3. The number of carbonyl (C=O) groups excluding carboxylic acids is 1. The normalized spacial score (nSPS) is 10.0. The number of benzene rings is 1. The zero-order valence-electron chi connectivity index (χ0n) is 7.31. The van der Waals surface area contributed by atoms with Crippen LogP contribution >= 0.6 is 15.9 Å². The Bertz CT molecular complexity index is 366. The summed E-state index contributed by atoms with van der Waals surface area (Å²) in [7, 11) is 1.25. The minimum Gasteiger partial charge on any atom is -0.494 e. The number of alkyl halides is 1. The van der Waals surface area contributed by atoms with Crippen LogP contribution in [0.15, 0.2) is 12.1 Å². The zero-order valence-corrected chi connectivity index (χ0v) is 8.90. The van der Waals surface area contributed by atoms with Crippen molar-refractivity contribution in [2.45, 2.75) is 0 Å². The zero-order chi connectivity index (χ0) is 10.7. The molecule has 0 bridgehead atoms. The third-order valence-electron chi connectivity index (χ3n) is 1.66. The van der Waals surface area contributed by atoms with Crippen LogP contribution in [0.3, 0.4) is 0 Å². The van der Waals surface area contributed by atoms with Crippen molar-refractivity contribution in [1.82, 2.24) is 0 Å². The van der Waals surface area contributed by atoms with Gasteiger partial charge in [-0.25, -0.2) is 8.78 Å². The van der Waals surface area contributed by atoms with Gasteiger partial charge in [-0.3, -0.25) is 4.79 Å². The number of rotatable bonds is 3. The predicted octanol–water partition coefficient (Wildman–Crippen LogP) is 2.55. The fraction of sp³-hybridized carbons (Fsp3) is 0.222. The predicted molar refractivity (Wildman–Crippen MR) is 51.0 cm³/mol. The SMILES string of the molecule is COc1cc(C(=O)CBr)c(F)cc1F. The fourth-order valence-corrected chi connectivity index (χ4v) is 1.27. The van der Waals surface area contributed by atoms with Crippen molar-refractivity contribution in [3.05, 3.63) is 29.3 Å². The number of halogens is 3. The molecule has 0 unspecified atom stereocenters. The van der Waals surface area contributed by atoms with Gasteiger partial charge in [0.1, 0.15) is 5.82 Å². The van der Waals surface area contributed by atoms with Crippen molar-refractivity contribution in [3.8, 4) is 5.75 Å². The highest BCUT2D eigenvalue weighted by molar-refractivity contribution is 9.09. The fourth-order valence-electron chi connectivity index (χ4n) is 0.971. The van der Waals surface area contributed by atoms with Gasteiger partial charge in [0.05, 0.1) is 18.0 Å². The van der Waals surface area contributed by atoms with Crippen molar-refractivity contribution in [3.63, 3.8) is 0 Å². The third-order valence-corrected chi connectivity index (χ3v) is 2.17. The molecule has 0 radical (unpaired) electrons. The third kappa shape index (κ3) is 2.09. The number of ketones is 1. The topological polar surface area (TPSA) is 26.3 Å². The number of hydrogen-bond donors (Lipinski definition) is 0. The lowest BCUT2D eigenvalue weighted by molar-refractivity contribution is 0.101. The first kappa shape index (κ1) is 11.1. The molecule has 0 spiro atoms. The molecule has 0 saturated heterocycles. The van der Waals surface area contributed by atoms with E-state index in [9.17, 15) is 13.6 Å². The quantitative estimate of drug-likeness (QED) is 0.620. The van der Waals surface area contributed by atoms with Crippen LogP contribution in [0, 0.1) is 11.6 Å². The Balaban J connectivity index is 3.24. The minimum atomic E-state index is -0.882. The van der Waals surface area contributed by atoms with E-state index in [0.717, 1.165) is 6.07 Å². The van der Waals surface area contributed by atoms with Gasteiger partial charge in [-0.2, -0.15) is 0 Å². The van der Waals surface area contributed by atoms with Crippen LogP contribution in [0.25, 0.3) is 0 Å². The molecule has 0 fully saturated rings. The van der Waals surface area contributed by atoms with Crippen molar-refractivity contribution in [2.75, 3.05) is 12.4 Å². The van der Waals surface area contributed by atoms with Crippen LogP contribution in [0.1, 0.15) is 10.4 Å². The van der Waals surface area contributed by atoms with E-state index in [-0.39, 0.29) is 16.6 Å². The number of ether oxygens (including phenoxy) is 1. The van der Waals surface area contributed by atoms with E-state index in [4.69, 9.17) is 0 Å². The van der Waals surface area contributed by atoms with E-state index in [1.54, 1.807) is 0 Å². The Labute approximate surface area is 88.0 Å². The molecule has 76 valence electrons. The summed E-state index contributed by atoms with van der Waals surface area (Å²) < 4.78 is 30.6. The van der Waals surface area contributed by atoms with E-state index in [0.29, 0.717) is 6.07 Å². The van der Waals surface area contributed by atoms with E-state index < -0.39 is 17.4 Å². The number of hydrogen-bond acceptors (Lipinski definition) is 2. The molecule has 14 heavy (non-hydrogen) atoms. The van der Waals surface area contributed by atoms with Crippen molar-refractivity contribution < 1.29 is 18.3 Å². The summed E-state index contributed by atoms with van der Waals surface area (Å²) in [6.45, 7) is 0. The van der Waals surface area contributed by atoms with Crippen LogP contribution in [0.5, 0.6) is 5.75 Å². The highest BCUT2D eigenvalue weighted by atomic mass is 79.9. The van der Waals surface area contributed by atoms with E-state index in [2.05, 4.69) is 20.7 Å². The first-order chi connectivity index (χ1) is 6.60. The molecule has 0 aliphatic carbocycles. The maximum Gasteiger partial charge on any atom is 0.176 e. The Morgan fingerprint density at radius 3 is 2.57 bits per heavy atom. The van der Waals surface area contributed by atoms with Crippen LogP contribution in [-0.4, -0.2) is 18.2 Å². The minimum absolute atomic E-state index is 0.0152. The summed E-state index contributed by atoms with van der Waals surface area (Å²) in [5.41, 5.74) is -0.180. The molecule has 1 aromatic carbocycles. The molecule has 1 rings (SSSR count). The second kappa shape index (κ2) is 4.50. The Kier molecular flexibility index (Phi) is 3.57. The molecule has 0 amide bonds. The average Bonchev–Trinajstić information content (AvgIpc) is 2.17. The van der Waals surface area contributed by atoms with Crippen LogP contribution in [0.2, 0.25) is 0 Å². The summed E-state index contributed by atoms with van der Waals surface area (Å²) in [5, 5.41) is -0.0152. The second-order valence-electron chi connectivity index (χ2n) is 2.52. The smallest absolute Gasteiger partial charge is 0.176 e. The maximum absolute atomic E-state index is 13.1. The molecule has 5 heteroatoms. The highest BCUT2D eigenvalue weighted by Crippen LogP contribution is 2.21. The summed E-state index contributed by atoms with van der Waals surface area (Å²) >= 11 is 2.90. The number of carbonyl (C=O) groups is 1. The van der Waals surface area contributed by atoms with Gasteiger partial charge in [-0.15, -0.1) is 0 Å². The lowest BCUT2D eigenvalue weighted by Gasteiger charge is -2.05. The molecular weight excluding hydrogens is 258 g/mol. The van der Waals surface area contributed by atoms with E-state index in [1.807, 2.05) is 0 Å². The second-order valence-corrected chi connectivity index (χ2v) is 3.08. The van der Waals surface area contributed by atoms with Gasteiger partial charge in [-0.1, -0.05) is 15.9 Å². The molecule has 1 aromatic rings. The van der Waals surface area contributed by atoms with Crippen LogP contribution in [-0.2, 0) is 0 Å². The first-order valence-corrected chi connectivity index (χ1v) is 4.84. The molecule has 0 saturated carbocycles. The lowest BCUT2D eigenvalue weighted by Crippen LogP contribution is -2.05. The monoisotopic (exact) mass is 264 g/mol. The lowest BCUT2D eigenvalue weighted by atomic mass is 10.1. The Morgan fingerprint density at radius 2 is 2.07 bits per heavy atom. The summed E-state index contributed by atoms with van der Waals surface area (Å²) in [5.74, 6) is -2.31. The molecular formula is C9H7BrF2O2. The van der Waals surface area contributed by atoms with Gasteiger partial charge < -0.3 is 4.74 Å². The van der Waals surface area contributed by atoms with Crippen LogP contribution < -0.4 is 4.74 Å². The number of Topliss-reactive ketones (excluding diaryl/α,β-unsaturated/α-hetero) is 1. The molecule has 0 aliphatic heterocycles. The Hall–Kier alpha value is -0.970. The van der Waals surface area contributed by atoms with Gasteiger partial charge in [0.2, 0.25) is 0 Å². The van der Waals surface area contributed by atoms with Gasteiger partial charge in [0, 0.05) is 6.07 Å². The molecule has 2 nitrogen and oxygen atoms in total. The molecule has 0 N–H and O–H groups in total. The first-order valence-electron chi connectivity index (χ1n) is 3.72.